The van der Waals surface area contributed by atoms with Crippen LogP contribution in [0.15, 0.2) is 47.1 Å². The van der Waals surface area contributed by atoms with Gasteiger partial charge >= 0.3 is 24.1 Å². The number of carbonyl (C=O) groups excluding carboxylic acids is 3. The number of hydrogen-bond acceptors (Lipinski definition) is 9. The zero-order valence-corrected chi connectivity index (χ0v) is 26.0. The number of alkyl halides is 7. The van der Waals surface area contributed by atoms with Gasteiger partial charge in [0.1, 0.15) is 12.2 Å². The Kier molecular flexibility index (Phi) is 11.2. The first-order valence-corrected chi connectivity index (χ1v) is 13.5. The number of hydrazine groups is 1. The predicted molar refractivity (Wildman–Crippen MR) is 154 cm³/mol. The maximum absolute atomic E-state index is 14.1. The van der Waals surface area contributed by atoms with E-state index in [-0.39, 0.29) is 43.2 Å². The lowest BCUT2D eigenvalue weighted by Crippen LogP contribution is -2.50. The molecule has 3 aromatic rings. The van der Waals surface area contributed by atoms with Crippen LogP contribution < -0.4 is 16.2 Å². The van der Waals surface area contributed by atoms with Gasteiger partial charge in [-0.1, -0.05) is 35.9 Å². The summed E-state index contributed by atoms with van der Waals surface area (Å²) in [7, 11) is 1.04. The van der Waals surface area contributed by atoms with Crippen LogP contribution in [-0.2, 0) is 17.2 Å². The molecule has 3 N–H and O–H groups in total. The van der Waals surface area contributed by atoms with Crippen LogP contribution in [-0.4, -0.2) is 72.9 Å². The van der Waals surface area contributed by atoms with Crippen LogP contribution in [0.5, 0.6) is 0 Å². The SMILES string of the molecule is C=C(Cl)C(=N/C=C\C)n1nc(Cn2nnc(C(F)(F)C(F)(F)C(F)(F)F)n2)cc1C(=O)Nc1c(C)cc(Cl)cc1C(=O)NNC(=O)OC. The van der Waals surface area contributed by atoms with Gasteiger partial charge < -0.3 is 10.1 Å². The number of halogens is 9. The van der Waals surface area contributed by atoms with E-state index in [9.17, 15) is 45.1 Å². The van der Waals surface area contributed by atoms with Gasteiger partial charge in [0.15, 0.2) is 5.84 Å². The molecule has 0 spiro atoms. The summed E-state index contributed by atoms with van der Waals surface area (Å²) in [6, 6.07) is 3.55. The quantitative estimate of drug-likeness (QED) is 0.120. The maximum atomic E-state index is 14.1. The molecule has 48 heavy (non-hydrogen) atoms. The second-order valence-corrected chi connectivity index (χ2v) is 10.1. The fraction of sp³-hybridized carbons (Fsp3) is 0.280. The highest BCUT2D eigenvalue weighted by Gasteiger charge is 2.75. The number of aliphatic imine (C=N–C) groups is 1. The van der Waals surface area contributed by atoms with Crippen LogP contribution in [0, 0.1) is 6.92 Å². The van der Waals surface area contributed by atoms with E-state index in [1.54, 1.807) is 6.92 Å². The summed E-state index contributed by atoms with van der Waals surface area (Å²) in [5, 5.41) is 15.1. The number of nitrogens with one attached hydrogen (secondary N) is 3. The van der Waals surface area contributed by atoms with Crippen molar-refractivity contribution in [2.75, 3.05) is 12.4 Å². The average molecular weight is 729 g/mol. The Morgan fingerprint density at radius 2 is 1.73 bits per heavy atom. The molecule has 23 heteroatoms. The molecule has 3 rings (SSSR count). The predicted octanol–water partition coefficient (Wildman–Crippen LogP) is 4.95. The smallest absolute Gasteiger partial charge is 0.452 e. The van der Waals surface area contributed by atoms with Crippen LogP contribution in [0.3, 0.4) is 0 Å². The van der Waals surface area contributed by atoms with Gasteiger partial charge in [-0.05, 0) is 42.8 Å². The molecule has 0 fully saturated rings. The number of tetrazole rings is 1. The average Bonchev–Trinajstić information content (AvgIpc) is 3.64. The molecule has 0 aliphatic heterocycles. The summed E-state index contributed by atoms with van der Waals surface area (Å²) in [6.07, 6.45) is -4.96. The van der Waals surface area contributed by atoms with E-state index < -0.39 is 54.0 Å². The van der Waals surface area contributed by atoms with Crippen molar-refractivity contribution in [3.8, 4) is 0 Å². The van der Waals surface area contributed by atoms with Gasteiger partial charge in [-0.25, -0.2) is 19.9 Å². The third kappa shape index (κ3) is 7.90. The standard InChI is InChI=1S/C25H21Cl2F7N10O4/c1-5-6-35-18(12(3)26)44-16(20(46)36-17-11(2)7-13(27)8-15(17)19(45)37-39-22(47)48-4)9-14(40-44)10-43-41-21(38-42-43)23(28,29)24(30,31)25(32,33)34/h5-9H,3,10H2,1-2,4H3,(H,36,46)(H,37,45)(H,39,47)/b6-5-,35-18?. The first-order valence-electron chi connectivity index (χ1n) is 12.7. The zero-order valence-electron chi connectivity index (χ0n) is 24.5. The summed E-state index contributed by atoms with van der Waals surface area (Å²) >= 11 is 12.2. The van der Waals surface area contributed by atoms with Gasteiger partial charge in [-0.3, -0.25) is 15.0 Å². The summed E-state index contributed by atoms with van der Waals surface area (Å²) in [6.45, 7) is 5.80. The number of methoxy groups -OCH3 is 1. The highest BCUT2D eigenvalue weighted by atomic mass is 35.5. The molecule has 0 atom stereocenters. The summed E-state index contributed by atoms with van der Waals surface area (Å²) in [5.74, 6) is -16.9. The molecule has 3 amide bonds. The molecule has 14 nitrogen and oxygen atoms in total. The van der Waals surface area contributed by atoms with E-state index in [1.807, 2.05) is 5.43 Å². The van der Waals surface area contributed by atoms with Gasteiger partial charge in [0.25, 0.3) is 17.6 Å². The highest BCUT2D eigenvalue weighted by molar-refractivity contribution is 6.43. The molecule has 0 aliphatic rings. The van der Waals surface area contributed by atoms with Crippen molar-refractivity contribution in [1.82, 2.24) is 40.8 Å². The first kappa shape index (κ1) is 37.4. The highest BCUT2D eigenvalue weighted by Crippen LogP contribution is 2.50. The molecule has 2 aromatic heterocycles. The topological polar surface area (TPSA) is 170 Å². The van der Waals surface area contributed by atoms with Crippen molar-refractivity contribution in [1.29, 1.82) is 0 Å². The number of hydrogen-bond donors (Lipinski definition) is 3. The van der Waals surface area contributed by atoms with Gasteiger partial charge in [0, 0.05) is 11.2 Å². The first-order chi connectivity index (χ1) is 22.2. The lowest BCUT2D eigenvalue weighted by Gasteiger charge is -2.25. The van der Waals surface area contributed by atoms with Crippen molar-refractivity contribution in [2.24, 2.45) is 4.99 Å². The molecule has 0 radical (unpaired) electrons. The van der Waals surface area contributed by atoms with Crippen molar-refractivity contribution in [2.45, 2.75) is 38.4 Å². The molecule has 258 valence electrons. The lowest BCUT2D eigenvalue weighted by atomic mass is 10.1. The summed E-state index contributed by atoms with van der Waals surface area (Å²) in [5.41, 5.74) is 3.23. The van der Waals surface area contributed by atoms with Crippen molar-refractivity contribution in [3.63, 3.8) is 0 Å². The number of ether oxygens (including phenoxy) is 1. The van der Waals surface area contributed by atoms with Gasteiger partial charge in [0.05, 0.1) is 29.1 Å². The van der Waals surface area contributed by atoms with Crippen LogP contribution in [0.2, 0.25) is 5.02 Å². The molecule has 2 heterocycles. The minimum absolute atomic E-state index is 0.0681. The Morgan fingerprint density at radius 3 is 2.31 bits per heavy atom. The van der Waals surface area contributed by atoms with E-state index in [4.69, 9.17) is 23.2 Å². The minimum Gasteiger partial charge on any atom is -0.452 e. The maximum Gasteiger partial charge on any atom is 0.460 e. The number of aromatic nitrogens is 6. The molecule has 0 unspecified atom stereocenters. The van der Waals surface area contributed by atoms with Gasteiger partial charge in [-0.2, -0.15) is 40.6 Å². The zero-order chi connectivity index (χ0) is 36.2. The second kappa shape index (κ2) is 14.4. The summed E-state index contributed by atoms with van der Waals surface area (Å²) in [4.78, 5) is 42.2. The van der Waals surface area contributed by atoms with Crippen LogP contribution in [0.25, 0.3) is 0 Å². The molecule has 0 aliphatic carbocycles. The fourth-order valence-electron chi connectivity index (χ4n) is 3.61. The molecule has 0 saturated heterocycles. The molecule has 1 aromatic carbocycles. The van der Waals surface area contributed by atoms with E-state index in [2.05, 4.69) is 47.6 Å². The largest absolute Gasteiger partial charge is 0.460 e. The number of aryl methyl sites for hydroxylation is 1. The van der Waals surface area contributed by atoms with E-state index in [0.29, 0.717) is 0 Å². The number of allylic oxidation sites excluding steroid dienone is 2. The van der Waals surface area contributed by atoms with Crippen molar-refractivity contribution >= 4 is 52.6 Å². The Bertz CT molecular complexity index is 1810. The van der Waals surface area contributed by atoms with E-state index >= 15 is 0 Å². The van der Waals surface area contributed by atoms with E-state index in [1.165, 1.54) is 25.3 Å². The summed E-state index contributed by atoms with van der Waals surface area (Å²) < 4.78 is 98.3. The molecular formula is C25H21Cl2F7N10O4. The van der Waals surface area contributed by atoms with E-state index in [0.717, 1.165) is 23.9 Å². The third-order valence-electron chi connectivity index (χ3n) is 5.82. The number of amides is 3. The Hall–Kier alpha value is -5.05. The number of rotatable bonds is 9. The minimum atomic E-state index is -6.64. The number of benzene rings is 1. The molecule has 0 saturated carbocycles. The van der Waals surface area contributed by atoms with Crippen LogP contribution in [0.1, 0.15) is 44.9 Å². The van der Waals surface area contributed by atoms with Gasteiger partial charge in [0.2, 0.25) is 0 Å². The fourth-order valence-corrected chi connectivity index (χ4v) is 4.01. The third-order valence-corrected chi connectivity index (χ3v) is 6.20. The second-order valence-electron chi connectivity index (χ2n) is 9.23. The Morgan fingerprint density at radius 1 is 1.06 bits per heavy atom. The number of carbonyl (C=O) groups is 3. The van der Waals surface area contributed by atoms with Gasteiger partial charge in [-0.15, -0.1) is 10.2 Å². The molecular weight excluding hydrogens is 708 g/mol. The Balaban J connectivity index is 2.07. The lowest BCUT2D eigenvalue weighted by molar-refractivity contribution is -0.361. The molecule has 0 bridgehead atoms. The van der Waals surface area contributed by atoms with Crippen LogP contribution >= 0.6 is 23.2 Å². The monoisotopic (exact) mass is 728 g/mol. The Labute approximate surface area is 274 Å². The van der Waals surface area contributed by atoms with Crippen molar-refractivity contribution in [3.05, 3.63) is 75.4 Å². The normalized spacial score (nSPS) is 12.6. The van der Waals surface area contributed by atoms with Crippen LogP contribution in [0.4, 0.5) is 41.2 Å². The van der Waals surface area contributed by atoms with Crippen molar-refractivity contribution < 1.29 is 49.9 Å². The number of anilines is 1. The number of nitrogens with zero attached hydrogens (tertiary/aromatic N) is 7.